The van der Waals surface area contributed by atoms with E-state index in [1.165, 1.54) is 0 Å². The summed E-state index contributed by atoms with van der Waals surface area (Å²) >= 11 is 0. The largest absolute Gasteiger partial charge is 0.494 e. The van der Waals surface area contributed by atoms with Crippen LogP contribution < -0.4 is 15.0 Å². The van der Waals surface area contributed by atoms with Crippen molar-refractivity contribution in [3.8, 4) is 5.75 Å². The number of ether oxygens (including phenoxy) is 1. The lowest BCUT2D eigenvalue weighted by molar-refractivity contribution is -0.121. The zero-order valence-electron chi connectivity index (χ0n) is 15.2. The monoisotopic (exact) mass is 359 g/mol. The molecule has 0 aliphatic carbocycles. The number of piperidine rings is 1. The Morgan fingerprint density at radius 1 is 1.04 bits per heavy atom. The van der Waals surface area contributed by atoms with Crippen molar-refractivity contribution in [2.24, 2.45) is 0 Å². The minimum Gasteiger partial charge on any atom is -0.494 e. The Morgan fingerprint density at radius 3 is 2.67 bits per heavy atom. The van der Waals surface area contributed by atoms with E-state index in [-0.39, 0.29) is 5.91 Å². The number of pyridine rings is 1. The molecule has 1 fully saturated rings. The van der Waals surface area contributed by atoms with E-state index in [1.54, 1.807) is 7.11 Å². The number of carbonyl (C=O) groups is 1. The van der Waals surface area contributed by atoms with Crippen molar-refractivity contribution in [3.63, 3.8) is 0 Å². The van der Waals surface area contributed by atoms with Crippen LogP contribution in [0.5, 0.6) is 5.75 Å². The minimum absolute atomic E-state index is 0.136. The average Bonchev–Trinajstić information content (AvgIpc) is 2.99. The lowest BCUT2D eigenvalue weighted by Crippen LogP contribution is -2.46. The molecule has 5 heteroatoms. The molecule has 136 valence electrons. The number of rotatable bonds is 2. The summed E-state index contributed by atoms with van der Waals surface area (Å²) < 4.78 is 5.47. The molecule has 0 saturated carbocycles. The van der Waals surface area contributed by atoms with E-state index in [9.17, 15) is 4.79 Å². The zero-order chi connectivity index (χ0) is 18.4. The normalized spacial score (nSPS) is 17.8. The summed E-state index contributed by atoms with van der Waals surface area (Å²) in [5, 5.41) is 4.13. The molecule has 1 N–H and O–H groups in total. The van der Waals surface area contributed by atoms with E-state index in [0.717, 1.165) is 59.7 Å². The summed E-state index contributed by atoms with van der Waals surface area (Å²) in [7, 11) is 1.67. The number of carbonyl (C=O) groups excluding carboxylic acids is 1. The summed E-state index contributed by atoms with van der Waals surface area (Å²) in [6.07, 6.45) is 1.59. The van der Waals surface area contributed by atoms with Gasteiger partial charge in [0.05, 0.1) is 12.5 Å². The van der Waals surface area contributed by atoms with Crippen LogP contribution in [0.25, 0.3) is 10.9 Å². The number of para-hydroxylation sites is 2. The fourth-order valence-electron chi connectivity index (χ4n) is 4.44. The Morgan fingerprint density at radius 2 is 1.85 bits per heavy atom. The molecule has 0 atom stereocenters. The summed E-state index contributed by atoms with van der Waals surface area (Å²) in [6.45, 7) is 1.60. The highest BCUT2D eigenvalue weighted by molar-refractivity contribution is 6.06. The van der Waals surface area contributed by atoms with Crippen LogP contribution in [0, 0.1) is 0 Å². The Bertz CT molecular complexity index is 1040. The maximum Gasteiger partial charge on any atom is 0.235 e. The van der Waals surface area contributed by atoms with Gasteiger partial charge in [-0.05, 0) is 42.7 Å². The third kappa shape index (κ3) is 2.38. The predicted octanol–water partition coefficient (Wildman–Crippen LogP) is 3.73. The van der Waals surface area contributed by atoms with Gasteiger partial charge in [0.15, 0.2) is 0 Å². The van der Waals surface area contributed by atoms with Gasteiger partial charge in [-0.15, -0.1) is 0 Å². The van der Waals surface area contributed by atoms with Gasteiger partial charge in [0.25, 0.3) is 0 Å². The third-order valence-electron chi connectivity index (χ3n) is 5.95. The second-order valence-corrected chi connectivity index (χ2v) is 7.27. The smallest absolute Gasteiger partial charge is 0.235 e. The van der Waals surface area contributed by atoms with Crippen LogP contribution in [0.3, 0.4) is 0 Å². The summed E-state index contributed by atoms with van der Waals surface area (Å²) in [5.74, 6) is 1.86. The van der Waals surface area contributed by atoms with Gasteiger partial charge in [-0.2, -0.15) is 0 Å². The first-order chi connectivity index (χ1) is 13.2. The van der Waals surface area contributed by atoms with Crippen molar-refractivity contribution in [3.05, 3.63) is 60.2 Å². The van der Waals surface area contributed by atoms with Gasteiger partial charge in [-0.25, -0.2) is 4.98 Å². The number of hydrogen-bond donors (Lipinski definition) is 1. The van der Waals surface area contributed by atoms with Gasteiger partial charge in [0.2, 0.25) is 5.91 Å². The van der Waals surface area contributed by atoms with E-state index in [2.05, 4.69) is 28.4 Å². The number of nitrogens with zero attached hydrogens (tertiary/aromatic N) is 2. The second kappa shape index (κ2) is 5.98. The van der Waals surface area contributed by atoms with Crippen LogP contribution in [-0.2, 0) is 10.2 Å². The molecule has 5 rings (SSSR count). The summed E-state index contributed by atoms with van der Waals surface area (Å²) in [6, 6.07) is 18.2. The van der Waals surface area contributed by atoms with Crippen LogP contribution in [0.15, 0.2) is 54.6 Å². The zero-order valence-corrected chi connectivity index (χ0v) is 15.2. The molecule has 27 heavy (non-hydrogen) atoms. The first kappa shape index (κ1) is 16.1. The molecule has 0 unspecified atom stereocenters. The number of methoxy groups -OCH3 is 1. The first-order valence-electron chi connectivity index (χ1n) is 9.31. The number of fused-ring (bicyclic) bond motifs is 3. The molecule has 2 aromatic carbocycles. The lowest BCUT2D eigenvalue weighted by atomic mass is 9.73. The lowest BCUT2D eigenvalue weighted by Gasteiger charge is -2.38. The Hall–Kier alpha value is -3.08. The van der Waals surface area contributed by atoms with Crippen molar-refractivity contribution in [1.29, 1.82) is 0 Å². The molecule has 0 radical (unpaired) electrons. The molecule has 3 heterocycles. The summed E-state index contributed by atoms with van der Waals surface area (Å²) in [4.78, 5) is 19.9. The maximum atomic E-state index is 12.7. The standard InChI is InChI=1S/C22H21N3O2/c1-27-18-8-4-5-15-9-10-19(24-20(15)18)25-13-11-22(12-14-25)16-6-2-3-7-17(16)23-21(22)26/h2-10H,11-14H2,1H3,(H,23,26). The molecule has 2 aliphatic rings. The quantitative estimate of drug-likeness (QED) is 0.757. The first-order valence-corrected chi connectivity index (χ1v) is 9.31. The third-order valence-corrected chi connectivity index (χ3v) is 5.95. The van der Waals surface area contributed by atoms with Gasteiger partial charge >= 0.3 is 0 Å². The van der Waals surface area contributed by atoms with E-state index in [0.29, 0.717) is 0 Å². The Balaban J connectivity index is 1.44. The molecular formula is C22H21N3O2. The van der Waals surface area contributed by atoms with Crippen LogP contribution in [0.4, 0.5) is 11.5 Å². The molecule has 1 saturated heterocycles. The molecule has 2 aliphatic heterocycles. The number of hydrogen-bond acceptors (Lipinski definition) is 4. The van der Waals surface area contributed by atoms with Crippen LogP contribution in [-0.4, -0.2) is 31.1 Å². The Labute approximate surface area is 158 Å². The highest BCUT2D eigenvalue weighted by atomic mass is 16.5. The van der Waals surface area contributed by atoms with Gasteiger partial charge in [-0.1, -0.05) is 30.3 Å². The van der Waals surface area contributed by atoms with E-state index >= 15 is 0 Å². The van der Waals surface area contributed by atoms with Gasteiger partial charge in [-0.3, -0.25) is 4.79 Å². The summed E-state index contributed by atoms with van der Waals surface area (Å²) in [5.41, 5.74) is 2.58. The number of amides is 1. The number of nitrogens with one attached hydrogen (secondary N) is 1. The van der Waals surface area contributed by atoms with Crippen molar-refractivity contribution in [1.82, 2.24) is 4.98 Å². The van der Waals surface area contributed by atoms with Gasteiger partial charge < -0.3 is 15.0 Å². The van der Waals surface area contributed by atoms with Crippen molar-refractivity contribution in [2.45, 2.75) is 18.3 Å². The van der Waals surface area contributed by atoms with E-state index in [4.69, 9.17) is 9.72 Å². The molecule has 0 bridgehead atoms. The molecule has 1 aromatic heterocycles. The van der Waals surface area contributed by atoms with Crippen LogP contribution in [0.1, 0.15) is 18.4 Å². The Kier molecular flexibility index (Phi) is 3.57. The minimum atomic E-state index is -0.401. The van der Waals surface area contributed by atoms with Crippen LogP contribution >= 0.6 is 0 Å². The highest BCUT2D eigenvalue weighted by Crippen LogP contribution is 2.45. The number of benzene rings is 2. The molecular weight excluding hydrogens is 338 g/mol. The fraction of sp³-hybridized carbons (Fsp3) is 0.273. The van der Waals surface area contributed by atoms with Crippen molar-refractivity contribution < 1.29 is 9.53 Å². The van der Waals surface area contributed by atoms with E-state index in [1.807, 2.05) is 36.4 Å². The maximum absolute atomic E-state index is 12.7. The van der Waals surface area contributed by atoms with Gasteiger partial charge in [0, 0.05) is 24.2 Å². The van der Waals surface area contributed by atoms with Gasteiger partial charge in [0.1, 0.15) is 17.1 Å². The SMILES string of the molecule is COc1cccc2ccc(N3CCC4(CC3)C(=O)Nc3ccccc34)nc12. The van der Waals surface area contributed by atoms with E-state index < -0.39 is 5.41 Å². The molecule has 5 nitrogen and oxygen atoms in total. The second-order valence-electron chi connectivity index (χ2n) is 7.27. The molecule has 3 aromatic rings. The average molecular weight is 359 g/mol. The highest BCUT2D eigenvalue weighted by Gasteiger charge is 2.48. The number of aromatic nitrogens is 1. The topological polar surface area (TPSA) is 54.5 Å². The van der Waals surface area contributed by atoms with Crippen molar-refractivity contribution >= 4 is 28.3 Å². The van der Waals surface area contributed by atoms with Crippen LogP contribution in [0.2, 0.25) is 0 Å². The fourth-order valence-corrected chi connectivity index (χ4v) is 4.44. The predicted molar refractivity (Wildman–Crippen MR) is 106 cm³/mol. The number of anilines is 2. The van der Waals surface area contributed by atoms with Crippen molar-refractivity contribution in [2.75, 3.05) is 30.4 Å². The molecule has 1 amide bonds. The molecule has 1 spiro atoms.